The summed E-state index contributed by atoms with van der Waals surface area (Å²) in [6, 6.07) is 16.0. The first kappa shape index (κ1) is 37.7. The summed E-state index contributed by atoms with van der Waals surface area (Å²) < 4.78 is 6.19. The van der Waals surface area contributed by atoms with Crippen LogP contribution in [0.3, 0.4) is 0 Å². The van der Waals surface area contributed by atoms with Crippen LogP contribution in [0.2, 0.25) is 0 Å². The van der Waals surface area contributed by atoms with Crippen molar-refractivity contribution < 1.29 is 23.9 Å². The normalized spacial score (nSPS) is 27.2. The van der Waals surface area contributed by atoms with Gasteiger partial charge in [-0.25, -0.2) is 0 Å². The van der Waals surface area contributed by atoms with E-state index in [4.69, 9.17) is 4.74 Å². The minimum atomic E-state index is -1.02. The first-order valence-electron chi connectivity index (χ1n) is 20.3. The second kappa shape index (κ2) is 16.3. The molecule has 4 aliphatic carbocycles. The van der Waals surface area contributed by atoms with Crippen molar-refractivity contribution in [3.05, 3.63) is 65.2 Å². The van der Waals surface area contributed by atoms with Crippen molar-refractivity contribution in [2.45, 2.75) is 149 Å². The lowest BCUT2D eigenvalue weighted by molar-refractivity contribution is -0.142. The minimum Gasteiger partial charge on any atom is -0.488 e. The number of carbonyl (C=O) groups is 4. The van der Waals surface area contributed by atoms with E-state index in [9.17, 15) is 19.2 Å². The van der Waals surface area contributed by atoms with E-state index in [1.54, 1.807) is 0 Å². The average molecular weight is 695 g/mol. The predicted molar refractivity (Wildman–Crippen MR) is 203 cm³/mol. The van der Waals surface area contributed by atoms with Gasteiger partial charge in [0.1, 0.15) is 34.5 Å². The Kier molecular flexibility index (Phi) is 12.0. The van der Waals surface area contributed by atoms with Gasteiger partial charge in [0.05, 0.1) is 0 Å². The van der Waals surface area contributed by atoms with Crippen molar-refractivity contribution in [3.8, 4) is 5.75 Å². The predicted octanol–water partition coefficient (Wildman–Crippen LogP) is 10.1. The Labute approximate surface area is 307 Å². The van der Waals surface area contributed by atoms with Gasteiger partial charge in [-0.05, 0) is 114 Å². The molecular weight excluding hydrogens is 633 g/mol. The number of Topliss-reactive ketones (excluding diaryl/α,β-unsaturated/α-hetero) is 4. The molecule has 3 fully saturated rings. The molecule has 0 aromatic heterocycles. The summed E-state index contributed by atoms with van der Waals surface area (Å²) in [5.41, 5.74) is 1.86. The molecule has 4 aliphatic rings. The summed E-state index contributed by atoms with van der Waals surface area (Å²) in [5.74, 6) is 2.94. The van der Waals surface area contributed by atoms with Crippen molar-refractivity contribution in [3.63, 3.8) is 0 Å². The lowest BCUT2D eigenvalue weighted by atomic mass is 9.64. The summed E-state index contributed by atoms with van der Waals surface area (Å²) in [6.45, 7) is 7.90. The van der Waals surface area contributed by atoms with Crippen LogP contribution in [0.5, 0.6) is 5.75 Å². The molecule has 2 atom stereocenters. The third-order valence-electron chi connectivity index (χ3n) is 13.1. The van der Waals surface area contributed by atoms with Crippen LogP contribution in [0.4, 0.5) is 0 Å². The maximum absolute atomic E-state index is 14.6. The lowest BCUT2D eigenvalue weighted by Crippen LogP contribution is -2.41. The van der Waals surface area contributed by atoms with Crippen LogP contribution in [-0.4, -0.2) is 28.7 Å². The monoisotopic (exact) mass is 694 g/mol. The maximum Gasteiger partial charge on any atom is 0.142 e. The van der Waals surface area contributed by atoms with E-state index in [2.05, 4.69) is 18.2 Å². The van der Waals surface area contributed by atoms with E-state index in [1.165, 1.54) is 37.7 Å². The van der Waals surface area contributed by atoms with Gasteiger partial charge in [0.25, 0.3) is 0 Å². The molecule has 0 aliphatic heterocycles. The highest BCUT2D eigenvalue weighted by Crippen LogP contribution is 2.45. The second-order valence-corrected chi connectivity index (χ2v) is 18.1. The Morgan fingerprint density at radius 2 is 1.25 bits per heavy atom. The van der Waals surface area contributed by atoms with Crippen LogP contribution < -0.4 is 4.74 Å². The van der Waals surface area contributed by atoms with E-state index >= 15 is 0 Å². The fourth-order valence-corrected chi connectivity index (χ4v) is 10.4. The third kappa shape index (κ3) is 9.48. The number of benzene rings is 2. The molecule has 2 aromatic carbocycles. The molecule has 0 radical (unpaired) electrons. The van der Waals surface area contributed by atoms with Crippen molar-refractivity contribution in [1.29, 1.82) is 0 Å². The van der Waals surface area contributed by atoms with E-state index in [1.807, 2.05) is 58.0 Å². The average Bonchev–Trinajstić information content (AvgIpc) is 3.11. The van der Waals surface area contributed by atoms with Gasteiger partial charge < -0.3 is 4.74 Å². The SMILES string of the molecule is CC(C)(C)Oc1ccccc1CC(=O)CC(C)(CC(=O)C1CCC(C2Cc3ccccc3CC2=O)CC1)C(=O)C1CCC(C2CCCCC2)CC1. The molecular formula is C46H62O5. The summed E-state index contributed by atoms with van der Waals surface area (Å²) in [5, 5.41) is 0. The van der Waals surface area contributed by atoms with Crippen LogP contribution in [0.25, 0.3) is 0 Å². The summed E-state index contributed by atoms with van der Waals surface area (Å²) >= 11 is 0. The molecule has 0 spiro atoms. The zero-order valence-electron chi connectivity index (χ0n) is 31.9. The standard InChI is InChI=1S/C46H62O5/c1-45(2,3)51-43-17-11-10-16-38(43)26-39(47)29-46(4,44(50)35-24-18-32(19-25-35)31-12-6-5-7-13-31)30-42(49)34-22-20-33(21-23-34)40-27-36-14-8-9-15-37(36)28-41(40)48/h8-11,14-17,31-35,40H,5-7,12-13,18-30H2,1-4H3. The minimum absolute atomic E-state index is 0.0145. The number of carbonyl (C=O) groups excluding carboxylic acids is 4. The Hall–Kier alpha value is -3.08. The zero-order valence-corrected chi connectivity index (χ0v) is 31.9. The largest absolute Gasteiger partial charge is 0.488 e. The highest BCUT2D eigenvalue weighted by atomic mass is 16.5. The topological polar surface area (TPSA) is 77.5 Å². The number of para-hydroxylation sites is 1. The Morgan fingerprint density at radius 1 is 0.667 bits per heavy atom. The Bertz CT molecular complexity index is 1540. The number of fused-ring (bicyclic) bond motifs is 1. The number of ketones is 4. The molecule has 5 heteroatoms. The van der Waals surface area contributed by atoms with Gasteiger partial charge in [-0.2, -0.15) is 0 Å². The van der Waals surface area contributed by atoms with E-state index in [0.29, 0.717) is 29.8 Å². The summed E-state index contributed by atoms with van der Waals surface area (Å²) in [4.78, 5) is 55.9. The molecule has 51 heavy (non-hydrogen) atoms. The third-order valence-corrected chi connectivity index (χ3v) is 13.1. The van der Waals surface area contributed by atoms with Crippen LogP contribution >= 0.6 is 0 Å². The molecule has 2 aromatic rings. The molecule has 0 amide bonds. The molecule has 5 nitrogen and oxygen atoms in total. The molecule has 276 valence electrons. The smallest absolute Gasteiger partial charge is 0.142 e. The van der Waals surface area contributed by atoms with Gasteiger partial charge in [0.2, 0.25) is 0 Å². The van der Waals surface area contributed by atoms with Gasteiger partial charge in [-0.15, -0.1) is 0 Å². The van der Waals surface area contributed by atoms with Gasteiger partial charge in [-0.3, -0.25) is 19.2 Å². The van der Waals surface area contributed by atoms with Gasteiger partial charge in [0, 0.05) is 54.4 Å². The molecule has 6 rings (SSSR count). The molecule has 0 heterocycles. The maximum atomic E-state index is 14.6. The van der Waals surface area contributed by atoms with Crippen molar-refractivity contribution in [2.24, 2.45) is 40.9 Å². The van der Waals surface area contributed by atoms with Gasteiger partial charge in [0.15, 0.2) is 0 Å². The first-order chi connectivity index (χ1) is 24.4. The number of hydrogen-bond acceptors (Lipinski definition) is 5. The lowest BCUT2D eigenvalue weighted by Gasteiger charge is -2.39. The summed E-state index contributed by atoms with van der Waals surface area (Å²) in [6.07, 6.45) is 15.6. The zero-order chi connectivity index (χ0) is 36.2. The van der Waals surface area contributed by atoms with Crippen LogP contribution in [-0.2, 0) is 38.4 Å². The van der Waals surface area contributed by atoms with E-state index in [-0.39, 0.29) is 54.4 Å². The Balaban J connectivity index is 1.12. The second-order valence-electron chi connectivity index (χ2n) is 18.1. The van der Waals surface area contributed by atoms with Gasteiger partial charge in [-0.1, -0.05) is 81.5 Å². The molecule has 2 unspecified atom stereocenters. The molecule has 0 N–H and O–H groups in total. The van der Waals surface area contributed by atoms with Crippen molar-refractivity contribution in [1.82, 2.24) is 0 Å². The Morgan fingerprint density at radius 3 is 1.94 bits per heavy atom. The van der Waals surface area contributed by atoms with E-state index in [0.717, 1.165) is 74.8 Å². The molecule has 0 bridgehead atoms. The van der Waals surface area contributed by atoms with Crippen LogP contribution in [0, 0.1) is 40.9 Å². The van der Waals surface area contributed by atoms with Crippen LogP contribution in [0.15, 0.2) is 48.5 Å². The summed E-state index contributed by atoms with van der Waals surface area (Å²) in [7, 11) is 0. The van der Waals surface area contributed by atoms with Crippen molar-refractivity contribution >= 4 is 23.1 Å². The number of rotatable bonds is 12. The highest BCUT2D eigenvalue weighted by Gasteiger charge is 2.44. The quantitative estimate of drug-likeness (QED) is 0.221. The van der Waals surface area contributed by atoms with Crippen LogP contribution in [0.1, 0.15) is 141 Å². The molecule has 0 saturated heterocycles. The fourth-order valence-electron chi connectivity index (χ4n) is 10.4. The van der Waals surface area contributed by atoms with Gasteiger partial charge >= 0.3 is 0 Å². The number of hydrogen-bond donors (Lipinski definition) is 0. The fraction of sp³-hybridized carbons (Fsp3) is 0.652. The number of ether oxygens (including phenoxy) is 1. The van der Waals surface area contributed by atoms with Crippen molar-refractivity contribution in [2.75, 3.05) is 0 Å². The molecule has 3 saturated carbocycles. The van der Waals surface area contributed by atoms with E-state index < -0.39 is 11.0 Å². The highest BCUT2D eigenvalue weighted by molar-refractivity contribution is 5.97. The first-order valence-corrected chi connectivity index (χ1v) is 20.3.